The molecule has 0 spiro atoms. The van der Waals surface area contributed by atoms with E-state index in [-0.39, 0.29) is 35.3 Å². The van der Waals surface area contributed by atoms with E-state index in [1.807, 2.05) is 6.08 Å². The summed E-state index contributed by atoms with van der Waals surface area (Å²) in [4.78, 5) is 71.8. The van der Waals surface area contributed by atoms with Gasteiger partial charge in [-0.05, 0) is 104 Å². The summed E-state index contributed by atoms with van der Waals surface area (Å²) in [5.41, 5.74) is 4.56. The number of phenols is 1. The third-order valence-corrected chi connectivity index (χ3v) is 11.9. The zero-order valence-electron chi connectivity index (χ0n) is 28.6. The molecule has 2 aliphatic carbocycles. The highest BCUT2D eigenvalue weighted by Gasteiger charge is 2.70. The average Bonchev–Trinajstić information content (AvgIpc) is 3.53. The van der Waals surface area contributed by atoms with Crippen LogP contribution in [0, 0.1) is 23.7 Å². The summed E-state index contributed by atoms with van der Waals surface area (Å²) in [6.45, 7) is 1.44. The van der Waals surface area contributed by atoms with E-state index in [1.165, 1.54) is 37.1 Å². The molecule has 3 fully saturated rings. The van der Waals surface area contributed by atoms with Crippen LogP contribution in [-0.2, 0) is 24.6 Å². The number of nitrogens with zero attached hydrogens (tertiary/aromatic N) is 2. The largest absolute Gasteiger partial charge is 0.508 e. The number of ketones is 1. The number of carbonyl (C=O) groups excluding carboxylic acids is 5. The lowest BCUT2D eigenvalue weighted by Crippen LogP contribution is -2.53. The summed E-state index contributed by atoms with van der Waals surface area (Å²) >= 11 is 12.7. The van der Waals surface area contributed by atoms with E-state index in [4.69, 9.17) is 27.9 Å². The molecule has 8 rings (SSSR count). The summed E-state index contributed by atoms with van der Waals surface area (Å²) in [6, 6.07) is 24.6. The molecular formula is C41H33Cl2N3O7. The molecular weight excluding hydrogens is 717 g/mol. The van der Waals surface area contributed by atoms with Crippen LogP contribution in [0.15, 0.2) is 103 Å². The Balaban J connectivity index is 1.30. The number of hydrazine groups is 1. The van der Waals surface area contributed by atoms with Crippen molar-refractivity contribution in [1.29, 1.82) is 0 Å². The number of fused-ring (bicyclic) bond motifs is 4. The second-order valence-electron chi connectivity index (χ2n) is 13.9. The highest BCUT2D eigenvalue weighted by molar-refractivity contribution is 6.36. The highest BCUT2D eigenvalue weighted by atomic mass is 35.5. The second kappa shape index (κ2) is 12.9. The summed E-state index contributed by atoms with van der Waals surface area (Å²) in [5, 5.41) is 11.9. The Morgan fingerprint density at radius 1 is 0.868 bits per heavy atom. The normalized spacial score (nSPS) is 26.2. The zero-order chi connectivity index (χ0) is 37.3. The first-order valence-corrected chi connectivity index (χ1v) is 17.9. The minimum absolute atomic E-state index is 0.0198. The zero-order valence-corrected chi connectivity index (χ0v) is 30.1. The standard InChI is InChI=1S/C41H33Cl2N3O7/c1-21(47)22-3-10-26(11-4-22)45-37(49)30-17-16-29-31(35(30)39(45)51)20-32-38(50)46(44-34-18-9-25(42)19-33(34)43)40(52)41(32,24-7-14-28(53-2)15-8-24)36(29)23-5-12-27(48)13-6-23/h3-16,18-19,30-32,35-36,44,48H,17,20H2,1-2H3. The Bertz CT molecular complexity index is 2240. The molecule has 4 aromatic carbocycles. The quantitative estimate of drug-likeness (QED) is 0.116. The van der Waals surface area contributed by atoms with E-state index in [0.29, 0.717) is 38.8 Å². The minimum atomic E-state index is -1.52. The maximum absolute atomic E-state index is 15.3. The van der Waals surface area contributed by atoms with Crippen LogP contribution in [0.4, 0.5) is 11.4 Å². The van der Waals surface area contributed by atoms with Gasteiger partial charge in [-0.15, -0.1) is 0 Å². The van der Waals surface area contributed by atoms with Crippen molar-refractivity contribution in [2.45, 2.75) is 31.1 Å². The average molecular weight is 751 g/mol. The van der Waals surface area contributed by atoms with E-state index in [0.717, 1.165) is 10.6 Å². The van der Waals surface area contributed by atoms with Crippen LogP contribution in [0.1, 0.15) is 47.2 Å². The van der Waals surface area contributed by atoms with Crippen molar-refractivity contribution < 1.29 is 33.8 Å². The maximum atomic E-state index is 15.3. The highest BCUT2D eigenvalue weighted by Crippen LogP contribution is 2.64. The number of halogens is 2. The number of rotatable bonds is 7. The van der Waals surface area contributed by atoms with Crippen LogP contribution in [0.25, 0.3) is 0 Å². The number of hydrogen-bond donors (Lipinski definition) is 2. The summed E-state index contributed by atoms with van der Waals surface area (Å²) < 4.78 is 5.45. The number of Topliss-reactive ketones (excluding diaryl/α,β-unsaturated/α-hetero) is 1. The number of phenolic OH excluding ortho intramolecular Hbond substituents is 1. The third kappa shape index (κ3) is 5.26. The first kappa shape index (κ1) is 34.6. The Kier molecular flexibility index (Phi) is 8.42. The van der Waals surface area contributed by atoms with Crippen LogP contribution < -0.4 is 15.1 Å². The fourth-order valence-corrected chi connectivity index (χ4v) is 9.44. The number of ether oxygens (including phenoxy) is 1. The first-order valence-electron chi connectivity index (χ1n) is 17.2. The van der Waals surface area contributed by atoms with E-state index < -0.39 is 52.7 Å². The van der Waals surface area contributed by atoms with Gasteiger partial charge in [-0.3, -0.25) is 34.3 Å². The van der Waals surface area contributed by atoms with E-state index in [9.17, 15) is 24.3 Å². The van der Waals surface area contributed by atoms with Gasteiger partial charge in [-0.2, -0.15) is 5.01 Å². The summed E-state index contributed by atoms with van der Waals surface area (Å²) in [6.07, 6.45) is 2.30. The van der Waals surface area contributed by atoms with Gasteiger partial charge in [0.15, 0.2) is 5.78 Å². The molecule has 4 aromatic rings. The van der Waals surface area contributed by atoms with Crippen molar-refractivity contribution in [3.8, 4) is 11.5 Å². The van der Waals surface area contributed by atoms with Gasteiger partial charge in [0.25, 0.3) is 11.8 Å². The van der Waals surface area contributed by atoms with Gasteiger partial charge in [0.2, 0.25) is 11.8 Å². The number of benzene rings is 4. The van der Waals surface area contributed by atoms with Gasteiger partial charge in [-0.1, -0.05) is 59.1 Å². The lowest BCUT2D eigenvalue weighted by atomic mass is 9.49. The van der Waals surface area contributed by atoms with Crippen LogP contribution in [-0.4, -0.2) is 46.6 Å². The van der Waals surface area contributed by atoms with Crippen LogP contribution in [0.2, 0.25) is 10.0 Å². The monoisotopic (exact) mass is 749 g/mol. The van der Waals surface area contributed by atoms with Crippen molar-refractivity contribution in [2.24, 2.45) is 23.7 Å². The molecule has 2 N–H and O–H groups in total. The van der Waals surface area contributed by atoms with Crippen molar-refractivity contribution in [1.82, 2.24) is 5.01 Å². The molecule has 2 aliphatic heterocycles. The number of carbonyl (C=O) groups is 5. The SMILES string of the molecule is COc1ccc(C23C(=O)N(Nc4ccc(Cl)cc4Cl)C(=O)C2CC2C(=CCC4C(=O)N(c5ccc(C(C)=O)cc5)C(=O)C42)C3c2ccc(O)cc2)cc1. The van der Waals surface area contributed by atoms with Gasteiger partial charge in [0.1, 0.15) is 11.5 Å². The van der Waals surface area contributed by atoms with E-state index >= 15 is 4.79 Å². The lowest BCUT2D eigenvalue weighted by molar-refractivity contribution is -0.138. The Labute approximate surface area is 314 Å². The van der Waals surface area contributed by atoms with Crippen LogP contribution in [0.3, 0.4) is 0 Å². The third-order valence-electron chi connectivity index (χ3n) is 11.3. The number of imide groups is 2. The summed E-state index contributed by atoms with van der Waals surface area (Å²) in [5.74, 6) is -5.21. The molecule has 4 amide bonds. The topological polar surface area (TPSA) is 133 Å². The number of anilines is 2. The maximum Gasteiger partial charge on any atom is 0.260 e. The number of hydrogen-bond acceptors (Lipinski definition) is 8. The molecule has 53 heavy (non-hydrogen) atoms. The van der Waals surface area contributed by atoms with Gasteiger partial charge in [0, 0.05) is 16.5 Å². The van der Waals surface area contributed by atoms with Crippen LogP contribution in [0.5, 0.6) is 11.5 Å². The Morgan fingerprint density at radius 2 is 1.57 bits per heavy atom. The second-order valence-corrected chi connectivity index (χ2v) is 14.8. The molecule has 12 heteroatoms. The van der Waals surface area contributed by atoms with E-state index in [2.05, 4.69) is 5.43 Å². The first-order chi connectivity index (χ1) is 25.4. The smallest absolute Gasteiger partial charge is 0.260 e. The van der Waals surface area contributed by atoms with Gasteiger partial charge < -0.3 is 9.84 Å². The number of aromatic hydroxyl groups is 1. The fourth-order valence-electron chi connectivity index (χ4n) is 8.98. The summed E-state index contributed by atoms with van der Waals surface area (Å²) in [7, 11) is 1.54. The molecule has 2 heterocycles. The molecule has 0 bridgehead atoms. The van der Waals surface area contributed by atoms with Crippen molar-refractivity contribution >= 4 is 64.0 Å². The molecule has 0 radical (unpaired) electrons. The lowest BCUT2D eigenvalue weighted by Gasteiger charge is -2.50. The predicted octanol–water partition coefficient (Wildman–Crippen LogP) is 7.10. The predicted molar refractivity (Wildman–Crippen MR) is 198 cm³/mol. The number of allylic oxidation sites excluding steroid dienone is 2. The van der Waals surface area contributed by atoms with Gasteiger partial charge in [-0.25, -0.2) is 0 Å². The molecule has 6 atom stereocenters. The van der Waals surface area contributed by atoms with Crippen molar-refractivity contribution in [2.75, 3.05) is 17.4 Å². The van der Waals surface area contributed by atoms with E-state index in [1.54, 1.807) is 72.8 Å². The molecule has 268 valence electrons. The molecule has 1 saturated carbocycles. The fraction of sp³-hybridized carbons (Fsp3) is 0.244. The van der Waals surface area contributed by atoms with Gasteiger partial charge >= 0.3 is 0 Å². The molecule has 6 unspecified atom stereocenters. The molecule has 2 saturated heterocycles. The molecule has 10 nitrogen and oxygen atoms in total. The van der Waals surface area contributed by atoms with Gasteiger partial charge in [0.05, 0.1) is 46.7 Å². The Morgan fingerprint density at radius 3 is 2.21 bits per heavy atom. The number of nitrogens with one attached hydrogen (secondary N) is 1. The minimum Gasteiger partial charge on any atom is -0.508 e. The Hall–Kier alpha value is -5.45. The number of amides is 4. The number of methoxy groups -OCH3 is 1. The van der Waals surface area contributed by atoms with Crippen molar-refractivity contribution in [3.05, 3.63) is 129 Å². The molecule has 4 aliphatic rings. The molecule has 0 aromatic heterocycles. The van der Waals surface area contributed by atoms with Crippen molar-refractivity contribution in [3.63, 3.8) is 0 Å². The van der Waals surface area contributed by atoms with Crippen LogP contribution >= 0.6 is 23.2 Å².